The number of hydrogen-bond donors (Lipinski definition) is 1. The van der Waals surface area contributed by atoms with Gasteiger partial charge in [0.05, 0.1) is 11.8 Å². The molecule has 0 saturated heterocycles. The van der Waals surface area contributed by atoms with Crippen molar-refractivity contribution in [2.45, 2.75) is 109 Å². The Labute approximate surface area is 168 Å². The first-order chi connectivity index (χ1) is 13.3. The number of carbonyl (C=O) groups is 1. The van der Waals surface area contributed by atoms with E-state index in [0.717, 1.165) is 17.8 Å². The van der Waals surface area contributed by atoms with Crippen molar-refractivity contribution in [1.29, 1.82) is 0 Å². The Hall–Kier alpha value is -0.740. The van der Waals surface area contributed by atoms with Crippen molar-refractivity contribution in [3.05, 3.63) is 0 Å². The summed E-state index contributed by atoms with van der Waals surface area (Å²) in [5.74, 6) is 0.511. The molecule has 164 valence electrons. The monoisotopic (exact) mass is 404 g/mol. The molecule has 0 aliphatic heterocycles. The van der Waals surface area contributed by atoms with E-state index in [1.807, 2.05) is 0 Å². The van der Waals surface area contributed by atoms with Crippen molar-refractivity contribution in [1.82, 2.24) is 0 Å². The highest BCUT2D eigenvalue weighted by Crippen LogP contribution is 2.41. The standard InChI is InChI=1S/C15H28.C8H11F3O2/c1-2-6-13-9-11-15(12-10-13)14-7-4-3-5-8-14;9-8(10,11)6-3-1-5(2-4-6)7(12)13/h13-15H,2-12H2,1H3;5-6H,1-4H2,(H,12,13)/t13-,15-;5-,6-. The number of rotatable bonds is 4. The van der Waals surface area contributed by atoms with Crippen molar-refractivity contribution in [2.24, 2.45) is 29.6 Å². The first kappa shape index (κ1) is 23.5. The number of hydrogen-bond acceptors (Lipinski definition) is 1. The van der Waals surface area contributed by atoms with E-state index in [4.69, 9.17) is 5.11 Å². The van der Waals surface area contributed by atoms with Gasteiger partial charge in [0.1, 0.15) is 0 Å². The molecule has 3 aliphatic rings. The Kier molecular flexibility index (Phi) is 9.62. The SMILES string of the molecule is CCC[C@H]1CC[C@H](C2CCCCC2)CC1.O=C(O)[C@H]1CC[C@H](C(F)(F)F)CC1. The minimum atomic E-state index is -4.15. The molecule has 0 aromatic carbocycles. The molecule has 0 heterocycles. The number of alkyl halides is 3. The highest BCUT2D eigenvalue weighted by atomic mass is 19.4. The Bertz CT molecular complexity index is 441. The zero-order chi connectivity index (χ0) is 20.6. The second-order valence-electron chi connectivity index (χ2n) is 9.40. The van der Waals surface area contributed by atoms with Crippen LogP contribution in [0.25, 0.3) is 0 Å². The van der Waals surface area contributed by atoms with Gasteiger partial charge in [-0.2, -0.15) is 13.2 Å². The zero-order valence-corrected chi connectivity index (χ0v) is 17.5. The molecule has 0 spiro atoms. The van der Waals surface area contributed by atoms with Crippen molar-refractivity contribution < 1.29 is 23.1 Å². The third kappa shape index (κ3) is 7.59. The second kappa shape index (κ2) is 11.4. The number of halogens is 3. The molecule has 3 fully saturated rings. The van der Waals surface area contributed by atoms with E-state index in [2.05, 4.69) is 6.92 Å². The van der Waals surface area contributed by atoms with Crippen LogP contribution in [0.15, 0.2) is 0 Å². The molecule has 0 bridgehead atoms. The van der Waals surface area contributed by atoms with Crippen molar-refractivity contribution in [3.63, 3.8) is 0 Å². The third-order valence-corrected chi connectivity index (χ3v) is 7.44. The van der Waals surface area contributed by atoms with Crippen LogP contribution in [0.2, 0.25) is 0 Å². The minimum absolute atomic E-state index is 0.0412. The van der Waals surface area contributed by atoms with Gasteiger partial charge in [-0.15, -0.1) is 0 Å². The maximum absolute atomic E-state index is 12.1. The van der Waals surface area contributed by atoms with E-state index in [-0.39, 0.29) is 25.7 Å². The van der Waals surface area contributed by atoms with E-state index in [9.17, 15) is 18.0 Å². The van der Waals surface area contributed by atoms with Gasteiger partial charge in [-0.3, -0.25) is 4.79 Å². The van der Waals surface area contributed by atoms with Crippen molar-refractivity contribution in [2.75, 3.05) is 0 Å². The molecule has 0 radical (unpaired) electrons. The molecule has 0 unspecified atom stereocenters. The summed E-state index contributed by atoms with van der Waals surface area (Å²) >= 11 is 0. The molecule has 3 aliphatic carbocycles. The highest BCUT2D eigenvalue weighted by molar-refractivity contribution is 5.69. The van der Waals surface area contributed by atoms with E-state index < -0.39 is 24.0 Å². The Balaban J connectivity index is 0.000000203. The fourth-order valence-electron chi connectivity index (χ4n) is 5.63. The second-order valence-corrected chi connectivity index (χ2v) is 9.40. The lowest BCUT2D eigenvalue weighted by molar-refractivity contribution is -0.186. The van der Waals surface area contributed by atoms with Gasteiger partial charge in [-0.1, -0.05) is 64.7 Å². The van der Waals surface area contributed by atoms with Gasteiger partial charge in [0.15, 0.2) is 0 Å². The molecule has 3 saturated carbocycles. The normalized spacial score (nSPS) is 32.3. The topological polar surface area (TPSA) is 37.3 Å². The Morgan fingerprint density at radius 2 is 1.36 bits per heavy atom. The first-order valence-corrected chi connectivity index (χ1v) is 11.6. The summed E-state index contributed by atoms with van der Waals surface area (Å²) in [6.07, 6.45) is 12.9. The quantitative estimate of drug-likeness (QED) is 0.523. The van der Waals surface area contributed by atoms with E-state index in [1.165, 1.54) is 32.1 Å². The van der Waals surface area contributed by atoms with Crippen LogP contribution in [-0.2, 0) is 4.79 Å². The van der Waals surface area contributed by atoms with E-state index >= 15 is 0 Å². The van der Waals surface area contributed by atoms with Crippen molar-refractivity contribution in [3.8, 4) is 0 Å². The summed E-state index contributed by atoms with van der Waals surface area (Å²) in [4.78, 5) is 10.4. The lowest BCUT2D eigenvalue weighted by Crippen LogP contribution is -2.30. The number of aliphatic carboxylic acids is 1. The van der Waals surface area contributed by atoms with Crippen LogP contribution < -0.4 is 0 Å². The zero-order valence-electron chi connectivity index (χ0n) is 17.5. The lowest BCUT2D eigenvalue weighted by atomic mass is 9.70. The van der Waals surface area contributed by atoms with E-state index in [0.29, 0.717) is 0 Å². The highest BCUT2D eigenvalue weighted by Gasteiger charge is 2.42. The van der Waals surface area contributed by atoms with Gasteiger partial charge >= 0.3 is 12.1 Å². The van der Waals surface area contributed by atoms with Crippen LogP contribution in [0.3, 0.4) is 0 Å². The largest absolute Gasteiger partial charge is 0.481 e. The average Bonchev–Trinajstić information content (AvgIpc) is 2.69. The molecule has 0 aromatic rings. The molecular weight excluding hydrogens is 365 g/mol. The van der Waals surface area contributed by atoms with Gasteiger partial charge in [0.25, 0.3) is 0 Å². The van der Waals surface area contributed by atoms with Crippen LogP contribution in [0, 0.1) is 29.6 Å². The van der Waals surface area contributed by atoms with Gasteiger partial charge in [-0.05, 0) is 56.3 Å². The summed E-state index contributed by atoms with van der Waals surface area (Å²) in [6.45, 7) is 2.34. The molecule has 1 N–H and O–H groups in total. The third-order valence-electron chi connectivity index (χ3n) is 7.44. The fraction of sp³-hybridized carbons (Fsp3) is 0.957. The summed E-state index contributed by atoms with van der Waals surface area (Å²) in [7, 11) is 0. The van der Waals surface area contributed by atoms with Crippen LogP contribution in [-0.4, -0.2) is 17.3 Å². The molecule has 0 atom stereocenters. The van der Waals surface area contributed by atoms with Gasteiger partial charge in [-0.25, -0.2) is 0 Å². The summed E-state index contributed by atoms with van der Waals surface area (Å²) in [6, 6.07) is 0. The Morgan fingerprint density at radius 1 is 0.821 bits per heavy atom. The predicted octanol–water partition coefficient (Wildman–Crippen LogP) is 7.61. The van der Waals surface area contributed by atoms with Crippen LogP contribution in [0.5, 0.6) is 0 Å². The Morgan fingerprint density at radius 3 is 1.82 bits per heavy atom. The first-order valence-electron chi connectivity index (χ1n) is 11.6. The number of carboxylic acids is 1. The maximum atomic E-state index is 12.1. The summed E-state index contributed by atoms with van der Waals surface area (Å²) < 4.78 is 36.4. The molecular formula is C23H39F3O2. The molecule has 3 rings (SSSR count). The van der Waals surface area contributed by atoms with Crippen molar-refractivity contribution >= 4 is 5.97 Å². The van der Waals surface area contributed by atoms with Crippen LogP contribution in [0.4, 0.5) is 13.2 Å². The summed E-state index contributed by atoms with van der Waals surface area (Å²) in [5.41, 5.74) is 0. The maximum Gasteiger partial charge on any atom is 0.391 e. The van der Waals surface area contributed by atoms with Gasteiger partial charge < -0.3 is 5.11 Å². The predicted molar refractivity (Wildman–Crippen MR) is 106 cm³/mol. The molecule has 28 heavy (non-hydrogen) atoms. The summed E-state index contributed by atoms with van der Waals surface area (Å²) in [5, 5.41) is 8.55. The van der Waals surface area contributed by atoms with Crippen LogP contribution >= 0.6 is 0 Å². The minimum Gasteiger partial charge on any atom is -0.481 e. The molecule has 5 heteroatoms. The van der Waals surface area contributed by atoms with E-state index in [1.54, 1.807) is 38.5 Å². The lowest BCUT2D eigenvalue weighted by Gasteiger charge is -2.35. The average molecular weight is 405 g/mol. The smallest absolute Gasteiger partial charge is 0.391 e. The molecule has 0 aromatic heterocycles. The molecule has 2 nitrogen and oxygen atoms in total. The number of carboxylic acid groups (broad SMARTS) is 1. The fourth-order valence-corrected chi connectivity index (χ4v) is 5.63. The van der Waals surface area contributed by atoms with Gasteiger partial charge in [0, 0.05) is 0 Å². The van der Waals surface area contributed by atoms with Gasteiger partial charge in [0.2, 0.25) is 0 Å². The van der Waals surface area contributed by atoms with Crippen LogP contribution in [0.1, 0.15) is 103 Å². The molecule has 0 amide bonds.